The summed E-state index contributed by atoms with van der Waals surface area (Å²) < 4.78 is 0. The van der Waals surface area contributed by atoms with Crippen LogP contribution in [0.5, 0.6) is 0 Å². The maximum Gasteiger partial charge on any atom is 0.315 e. The Labute approximate surface area is 101 Å². The number of amides is 4. The number of rotatable bonds is 5. The van der Waals surface area contributed by atoms with Crippen LogP contribution in [0.4, 0.5) is 4.79 Å². The maximum atomic E-state index is 11.8. The molecule has 1 atom stereocenters. The second-order valence-electron chi connectivity index (χ2n) is 4.04. The molecule has 0 spiro atoms. The van der Waals surface area contributed by atoms with Gasteiger partial charge < -0.3 is 10.6 Å². The third-order valence-corrected chi connectivity index (χ3v) is 2.53. The molecule has 1 heterocycles. The van der Waals surface area contributed by atoms with Gasteiger partial charge in [0.15, 0.2) is 0 Å². The van der Waals surface area contributed by atoms with Crippen LogP contribution in [-0.4, -0.2) is 41.9 Å². The van der Waals surface area contributed by atoms with E-state index in [1.807, 2.05) is 13.8 Å². The average Bonchev–Trinajstić information content (AvgIpc) is 2.55. The number of hydrogen-bond donors (Lipinski definition) is 2. The van der Waals surface area contributed by atoms with E-state index in [9.17, 15) is 14.4 Å². The molecule has 1 saturated heterocycles. The van der Waals surface area contributed by atoms with Gasteiger partial charge in [-0.25, -0.2) is 4.79 Å². The summed E-state index contributed by atoms with van der Waals surface area (Å²) in [5.41, 5.74) is 0. The van der Waals surface area contributed by atoms with Crippen molar-refractivity contribution in [3.8, 4) is 0 Å². The number of carbonyl (C=O) groups is 3. The second kappa shape index (κ2) is 6.22. The lowest BCUT2D eigenvalue weighted by molar-refractivity contribution is -0.138. The van der Waals surface area contributed by atoms with Crippen LogP contribution >= 0.6 is 0 Å². The van der Waals surface area contributed by atoms with E-state index in [0.29, 0.717) is 13.1 Å². The normalized spacial score (nSPS) is 19.6. The molecule has 0 radical (unpaired) electrons. The summed E-state index contributed by atoms with van der Waals surface area (Å²) in [6, 6.07) is -1.10. The number of urea groups is 1. The topological polar surface area (TPSA) is 78.5 Å². The Morgan fingerprint density at radius 3 is 2.65 bits per heavy atom. The van der Waals surface area contributed by atoms with Crippen molar-refractivity contribution in [1.29, 1.82) is 0 Å². The fraction of sp³-hybridized carbons (Fsp3) is 0.727. The highest BCUT2D eigenvalue weighted by Gasteiger charge is 2.38. The van der Waals surface area contributed by atoms with Crippen molar-refractivity contribution in [2.45, 2.75) is 39.2 Å². The van der Waals surface area contributed by atoms with Gasteiger partial charge in [-0.05, 0) is 12.8 Å². The van der Waals surface area contributed by atoms with Crippen molar-refractivity contribution < 1.29 is 14.4 Å². The number of imide groups is 1. The minimum absolute atomic E-state index is 0.0678. The van der Waals surface area contributed by atoms with E-state index < -0.39 is 12.1 Å². The first-order valence-electron chi connectivity index (χ1n) is 5.98. The Bertz CT molecular complexity index is 317. The number of likely N-dealkylation sites (tertiary alicyclic amines) is 1. The fourth-order valence-corrected chi connectivity index (χ4v) is 1.70. The highest BCUT2D eigenvalue weighted by Crippen LogP contribution is 2.13. The van der Waals surface area contributed by atoms with E-state index in [4.69, 9.17) is 0 Å². The summed E-state index contributed by atoms with van der Waals surface area (Å²) in [5, 5.41) is 5.13. The molecule has 0 aromatic rings. The molecule has 6 heteroatoms. The van der Waals surface area contributed by atoms with Gasteiger partial charge >= 0.3 is 6.03 Å². The van der Waals surface area contributed by atoms with Gasteiger partial charge in [0, 0.05) is 13.1 Å². The van der Waals surface area contributed by atoms with Crippen molar-refractivity contribution in [3.05, 3.63) is 0 Å². The van der Waals surface area contributed by atoms with Crippen LogP contribution in [-0.2, 0) is 9.59 Å². The predicted octanol–water partition coefficient (Wildman–Crippen LogP) is 0.233. The van der Waals surface area contributed by atoms with Crippen molar-refractivity contribution in [2.75, 3.05) is 13.1 Å². The summed E-state index contributed by atoms with van der Waals surface area (Å²) in [4.78, 5) is 35.9. The Morgan fingerprint density at radius 1 is 1.35 bits per heavy atom. The first kappa shape index (κ1) is 13.5. The standard InChI is InChI=1S/C11H19N3O3/c1-3-5-12-11(17)13-8-7-9(15)14(6-4-2)10(8)16/h8H,3-7H2,1-2H3,(H2,12,13,17)/t8-/m0/s1. The number of nitrogens with zero attached hydrogens (tertiary/aromatic N) is 1. The quantitative estimate of drug-likeness (QED) is 0.676. The molecule has 96 valence electrons. The van der Waals surface area contributed by atoms with Gasteiger partial charge in [-0.1, -0.05) is 13.8 Å². The molecule has 4 amide bonds. The summed E-state index contributed by atoms with van der Waals surface area (Å²) in [7, 11) is 0. The number of nitrogens with one attached hydrogen (secondary N) is 2. The van der Waals surface area contributed by atoms with Gasteiger partial charge in [-0.2, -0.15) is 0 Å². The summed E-state index contributed by atoms with van der Waals surface area (Å²) in [6.07, 6.45) is 1.62. The monoisotopic (exact) mass is 241 g/mol. The Balaban J connectivity index is 2.48. The highest BCUT2D eigenvalue weighted by molar-refractivity contribution is 6.06. The Hall–Kier alpha value is -1.59. The third-order valence-electron chi connectivity index (χ3n) is 2.53. The van der Waals surface area contributed by atoms with Crippen LogP contribution in [0.25, 0.3) is 0 Å². The Morgan fingerprint density at radius 2 is 2.06 bits per heavy atom. The van der Waals surface area contributed by atoms with Gasteiger partial charge in [0.05, 0.1) is 6.42 Å². The fourth-order valence-electron chi connectivity index (χ4n) is 1.70. The zero-order valence-electron chi connectivity index (χ0n) is 10.3. The van der Waals surface area contributed by atoms with E-state index in [0.717, 1.165) is 12.8 Å². The largest absolute Gasteiger partial charge is 0.338 e. The van der Waals surface area contributed by atoms with Crippen molar-refractivity contribution in [3.63, 3.8) is 0 Å². The molecule has 0 saturated carbocycles. The molecule has 1 fully saturated rings. The van der Waals surface area contributed by atoms with Crippen LogP contribution in [0.2, 0.25) is 0 Å². The van der Waals surface area contributed by atoms with Crippen LogP contribution in [0.1, 0.15) is 33.1 Å². The molecular formula is C11H19N3O3. The van der Waals surface area contributed by atoms with Crippen molar-refractivity contribution in [1.82, 2.24) is 15.5 Å². The second-order valence-corrected chi connectivity index (χ2v) is 4.04. The zero-order chi connectivity index (χ0) is 12.8. The lowest BCUT2D eigenvalue weighted by Gasteiger charge is -2.14. The molecule has 0 aromatic carbocycles. The van der Waals surface area contributed by atoms with Crippen LogP contribution in [0, 0.1) is 0 Å². The van der Waals surface area contributed by atoms with Crippen molar-refractivity contribution in [2.24, 2.45) is 0 Å². The third kappa shape index (κ3) is 3.44. The van der Waals surface area contributed by atoms with Crippen LogP contribution in [0.3, 0.4) is 0 Å². The first-order valence-corrected chi connectivity index (χ1v) is 5.98. The lowest BCUT2D eigenvalue weighted by atomic mass is 10.2. The van der Waals surface area contributed by atoms with Crippen LogP contribution < -0.4 is 10.6 Å². The SMILES string of the molecule is CCCNC(=O)N[C@H]1CC(=O)N(CCC)C1=O. The first-order chi connectivity index (χ1) is 8.10. The van der Waals surface area contributed by atoms with E-state index in [1.165, 1.54) is 4.90 Å². The number of carbonyl (C=O) groups excluding carboxylic acids is 3. The summed E-state index contributed by atoms with van der Waals surface area (Å²) in [6.45, 7) is 4.81. The van der Waals surface area contributed by atoms with Gasteiger partial charge in [-0.15, -0.1) is 0 Å². The minimum atomic E-state index is -0.703. The summed E-state index contributed by atoms with van der Waals surface area (Å²) in [5.74, 6) is -0.513. The molecule has 0 unspecified atom stereocenters. The van der Waals surface area contributed by atoms with E-state index in [2.05, 4.69) is 10.6 Å². The molecule has 0 aliphatic carbocycles. The molecule has 1 aliphatic rings. The Kier molecular flexibility index (Phi) is 4.93. The van der Waals surface area contributed by atoms with Gasteiger partial charge in [0.1, 0.15) is 6.04 Å². The molecule has 6 nitrogen and oxygen atoms in total. The maximum absolute atomic E-state index is 11.8. The van der Waals surface area contributed by atoms with E-state index in [-0.39, 0.29) is 18.2 Å². The van der Waals surface area contributed by atoms with Crippen molar-refractivity contribution >= 4 is 17.8 Å². The molecule has 1 rings (SSSR count). The predicted molar refractivity (Wildman–Crippen MR) is 62.2 cm³/mol. The molecule has 2 N–H and O–H groups in total. The molecular weight excluding hydrogens is 222 g/mol. The van der Waals surface area contributed by atoms with Gasteiger partial charge in [0.2, 0.25) is 5.91 Å². The van der Waals surface area contributed by atoms with Crippen LogP contribution in [0.15, 0.2) is 0 Å². The molecule has 0 bridgehead atoms. The summed E-state index contributed by atoms with van der Waals surface area (Å²) >= 11 is 0. The molecule has 0 aromatic heterocycles. The smallest absolute Gasteiger partial charge is 0.315 e. The van der Waals surface area contributed by atoms with E-state index >= 15 is 0 Å². The van der Waals surface area contributed by atoms with Gasteiger partial charge in [-0.3, -0.25) is 14.5 Å². The lowest BCUT2D eigenvalue weighted by Crippen LogP contribution is -2.46. The highest BCUT2D eigenvalue weighted by atomic mass is 16.2. The van der Waals surface area contributed by atoms with E-state index in [1.54, 1.807) is 0 Å². The molecule has 1 aliphatic heterocycles. The number of hydrogen-bond acceptors (Lipinski definition) is 3. The average molecular weight is 241 g/mol. The van der Waals surface area contributed by atoms with Gasteiger partial charge in [0.25, 0.3) is 5.91 Å². The molecule has 17 heavy (non-hydrogen) atoms. The zero-order valence-corrected chi connectivity index (χ0v) is 10.3. The minimum Gasteiger partial charge on any atom is -0.338 e.